The Morgan fingerprint density at radius 1 is 1.48 bits per heavy atom. The van der Waals surface area contributed by atoms with Crippen molar-refractivity contribution in [2.45, 2.75) is 38.4 Å². The van der Waals surface area contributed by atoms with E-state index >= 15 is 0 Å². The summed E-state index contributed by atoms with van der Waals surface area (Å²) in [6.07, 6.45) is -1.08. The van der Waals surface area contributed by atoms with E-state index in [2.05, 4.69) is 4.98 Å². The second-order valence-corrected chi connectivity index (χ2v) is 4.86. The molecule has 0 amide bonds. The number of hydrogen-bond acceptors (Lipinski definition) is 4. The first-order chi connectivity index (χ1) is 9.93. The SMILES string of the molecule is CCOC(=O)C1CCCCN1c1cc(C(F)(F)F)ccn1. The number of piperidine rings is 1. The third-order valence-corrected chi connectivity index (χ3v) is 3.43. The van der Waals surface area contributed by atoms with Crippen LogP contribution in [0.4, 0.5) is 19.0 Å². The van der Waals surface area contributed by atoms with Gasteiger partial charge < -0.3 is 9.64 Å². The lowest BCUT2D eigenvalue weighted by molar-refractivity contribution is -0.145. The van der Waals surface area contributed by atoms with Crippen LogP contribution in [0.5, 0.6) is 0 Å². The third-order valence-electron chi connectivity index (χ3n) is 3.43. The standard InChI is InChI=1S/C14H17F3N2O2/c1-2-21-13(20)11-5-3-4-8-19(11)12-9-10(6-7-18-12)14(15,16)17/h6-7,9,11H,2-5,8H2,1H3. The molecule has 1 aromatic rings. The molecule has 0 spiro atoms. The van der Waals surface area contributed by atoms with Crippen LogP contribution in [-0.2, 0) is 15.7 Å². The summed E-state index contributed by atoms with van der Waals surface area (Å²) in [6.45, 7) is 2.45. The lowest BCUT2D eigenvalue weighted by Crippen LogP contribution is -2.46. The summed E-state index contributed by atoms with van der Waals surface area (Å²) in [6, 6.07) is 1.35. The summed E-state index contributed by atoms with van der Waals surface area (Å²) in [4.78, 5) is 17.5. The molecular weight excluding hydrogens is 285 g/mol. The monoisotopic (exact) mass is 302 g/mol. The predicted octanol–water partition coefficient (Wildman–Crippen LogP) is 3.02. The molecular formula is C14H17F3N2O2. The molecule has 1 saturated heterocycles. The van der Waals surface area contributed by atoms with Crippen LogP contribution < -0.4 is 4.90 Å². The van der Waals surface area contributed by atoms with Crippen LogP contribution in [0.3, 0.4) is 0 Å². The molecule has 116 valence electrons. The number of esters is 1. The third kappa shape index (κ3) is 3.65. The molecule has 7 heteroatoms. The van der Waals surface area contributed by atoms with E-state index in [1.807, 2.05) is 0 Å². The van der Waals surface area contributed by atoms with Gasteiger partial charge in [-0.15, -0.1) is 0 Å². The second-order valence-electron chi connectivity index (χ2n) is 4.86. The van der Waals surface area contributed by atoms with Gasteiger partial charge in [0.25, 0.3) is 0 Å². The van der Waals surface area contributed by atoms with Crippen LogP contribution in [-0.4, -0.2) is 30.1 Å². The van der Waals surface area contributed by atoms with E-state index in [9.17, 15) is 18.0 Å². The number of nitrogens with zero attached hydrogens (tertiary/aromatic N) is 2. The van der Waals surface area contributed by atoms with Crippen molar-refractivity contribution in [1.29, 1.82) is 0 Å². The zero-order chi connectivity index (χ0) is 15.5. The van der Waals surface area contributed by atoms with Crippen molar-refractivity contribution in [3.63, 3.8) is 0 Å². The minimum atomic E-state index is -4.42. The highest BCUT2D eigenvalue weighted by Gasteiger charge is 2.34. The van der Waals surface area contributed by atoms with Crippen LogP contribution in [0.2, 0.25) is 0 Å². The fourth-order valence-electron chi connectivity index (χ4n) is 2.44. The highest BCUT2D eigenvalue weighted by atomic mass is 19.4. The van der Waals surface area contributed by atoms with E-state index in [0.29, 0.717) is 13.0 Å². The molecule has 4 nitrogen and oxygen atoms in total. The summed E-state index contributed by atoms with van der Waals surface area (Å²) >= 11 is 0. The normalized spacial score (nSPS) is 19.4. The van der Waals surface area contributed by atoms with E-state index in [0.717, 1.165) is 31.2 Å². The van der Waals surface area contributed by atoms with Crippen LogP contribution in [0.1, 0.15) is 31.7 Å². The number of alkyl halides is 3. The van der Waals surface area contributed by atoms with E-state index in [4.69, 9.17) is 4.74 Å². The van der Waals surface area contributed by atoms with Crippen LogP contribution in [0.25, 0.3) is 0 Å². The van der Waals surface area contributed by atoms with E-state index in [1.165, 1.54) is 0 Å². The van der Waals surface area contributed by atoms with Gasteiger partial charge in [-0.05, 0) is 38.3 Å². The first-order valence-corrected chi connectivity index (χ1v) is 6.90. The number of pyridine rings is 1. The fourth-order valence-corrected chi connectivity index (χ4v) is 2.44. The maximum Gasteiger partial charge on any atom is 0.416 e. The van der Waals surface area contributed by atoms with E-state index in [-0.39, 0.29) is 12.4 Å². The molecule has 0 radical (unpaired) electrons. The molecule has 0 bridgehead atoms. The van der Waals surface area contributed by atoms with Gasteiger partial charge in [-0.1, -0.05) is 0 Å². The second kappa shape index (κ2) is 6.32. The molecule has 1 atom stereocenters. The van der Waals surface area contributed by atoms with Crippen molar-refractivity contribution in [2.24, 2.45) is 0 Å². The number of carbonyl (C=O) groups is 1. The zero-order valence-electron chi connectivity index (χ0n) is 11.7. The average molecular weight is 302 g/mol. The summed E-state index contributed by atoms with van der Waals surface area (Å²) in [5.41, 5.74) is -0.763. The Balaban J connectivity index is 2.27. The zero-order valence-corrected chi connectivity index (χ0v) is 11.7. The molecule has 2 heterocycles. The highest BCUT2D eigenvalue weighted by Crippen LogP contribution is 2.32. The molecule has 21 heavy (non-hydrogen) atoms. The summed E-state index contributed by atoms with van der Waals surface area (Å²) in [5.74, 6) is -0.237. The van der Waals surface area contributed by atoms with Crippen molar-refractivity contribution < 1.29 is 22.7 Å². The van der Waals surface area contributed by atoms with Crippen molar-refractivity contribution in [1.82, 2.24) is 4.98 Å². The van der Waals surface area contributed by atoms with Gasteiger partial charge in [-0.25, -0.2) is 9.78 Å². The van der Waals surface area contributed by atoms with Gasteiger partial charge in [0, 0.05) is 12.7 Å². The fraction of sp³-hybridized carbons (Fsp3) is 0.571. The minimum absolute atomic E-state index is 0.169. The first kappa shape index (κ1) is 15.6. The van der Waals surface area contributed by atoms with Gasteiger partial charge in [0.1, 0.15) is 11.9 Å². The average Bonchev–Trinajstić information content (AvgIpc) is 2.47. The van der Waals surface area contributed by atoms with Crippen LogP contribution in [0, 0.1) is 0 Å². The lowest BCUT2D eigenvalue weighted by atomic mass is 10.0. The summed E-state index contributed by atoms with van der Waals surface area (Å²) in [5, 5.41) is 0. The number of carbonyl (C=O) groups excluding carboxylic acids is 1. The Bertz CT molecular complexity index is 505. The molecule has 0 aliphatic carbocycles. The molecule has 1 aliphatic rings. The number of halogens is 3. The molecule has 1 unspecified atom stereocenters. The maximum absolute atomic E-state index is 12.8. The Labute approximate surface area is 120 Å². The van der Waals surface area contributed by atoms with Crippen molar-refractivity contribution >= 4 is 11.8 Å². The van der Waals surface area contributed by atoms with Gasteiger partial charge in [0.05, 0.1) is 12.2 Å². The smallest absolute Gasteiger partial charge is 0.416 e. The number of rotatable bonds is 3. The lowest BCUT2D eigenvalue weighted by Gasteiger charge is -2.35. The van der Waals surface area contributed by atoms with Crippen LogP contribution in [0.15, 0.2) is 18.3 Å². The Kier molecular flexibility index (Phi) is 4.69. The summed E-state index contributed by atoms with van der Waals surface area (Å²) < 4.78 is 43.3. The van der Waals surface area contributed by atoms with Crippen molar-refractivity contribution in [2.75, 3.05) is 18.1 Å². The quantitative estimate of drug-likeness (QED) is 0.805. The minimum Gasteiger partial charge on any atom is -0.464 e. The predicted molar refractivity (Wildman–Crippen MR) is 70.9 cm³/mol. The van der Waals surface area contributed by atoms with Crippen molar-refractivity contribution in [3.05, 3.63) is 23.9 Å². The Morgan fingerprint density at radius 3 is 2.90 bits per heavy atom. The molecule has 0 saturated carbocycles. The topological polar surface area (TPSA) is 42.4 Å². The van der Waals surface area contributed by atoms with Gasteiger partial charge >= 0.3 is 12.1 Å². The number of aromatic nitrogens is 1. The van der Waals surface area contributed by atoms with Gasteiger partial charge in [-0.2, -0.15) is 13.2 Å². The molecule has 1 aromatic heterocycles. The molecule has 0 aromatic carbocycles. The highest BCUT2D eigenvalue weighted by molar-refractivity contribution is 5.80. The van der Waals surface area contributed by atoms with E-state index < -0.39 is 23.8 Å². The molecule has 0 N–H and O–H groups in total. The summed E-state index contributed by atoms with van der Waals surface area (Å²) in [7, 11) is 0. The van der Waals surface area contributed by atoms with Gasteiger partial charge in [0.15, 0.2) is 0 Å². The Hall–Kier alpha value is -1.79. The molecule has 2 rings (SSSR count). The van der Waals surface area contributed by atoms with E-state index in [1.54, 1.807) is 11.8 Å². The Morgan fingerprint density at radius 2 is 2.24 bits per heavy atom. The van der Waals surface area contributed by atoms with Crippen molar-refractivity contribution in [3.8, 4) is 0 Å². The maximum atomic E-state index is 12.8. The largest absolute Gasteiger partial charge is 0.464 e. The number of anilines is 1. The number of hydrogen-bond donors (Lipinski definition) is 0. The van der Waals surface area contributed by atoms with Gasteiger partial charge in [-0.3, -0.25) is 0 Å². The van der Waals surface area contributed by atoms with Gasteiger partial charge in [0.2, 0.25) is 0 Å². The molecule has 1 aliphatic heterocycles. The first-order valence-electron chi connectivity index (χ1n) is 6.90. The molecule has 1 fully saturated rings. The van der Waals surface area contributed by atoms with Crippen LogP contribution >= 0.6 is 0 Å². The number of ether oxygens (including phenoxy) is 1.